The van der Waals surface area contributed by atoms with Crippen molar-refractivity contribution in [2.75, 3.05) is 11.9 Å². The highest BCUT2D eigenvalue weighted by molar-refractivity contribution is 5.93. The van der Waals surface area contributed by atoms with E-state index in [2.05, 4.69) is 27.9 Å². The highest BCUT2D eigenvalue weighted by Gasteiger charge is 2.38. The Morgan fingerprint density at radius 3 is 2.31 bits per heavy atom. The molecule has 0 radical (unpaired) electrons. The summed E-state index contributed by atoms with van der Waals surface area (Å²) in [7, 11) is 3.84. The van der Waals surface area contributed by atoms with Crippen LogP contribution < -0.4 is 9.64 Å². The number of carboxylic acid groups (broad SMARTS) is 1. The second-order valence-corrected chi connectivity index (χ2v) is 7.82. The smallest absolute Gasteiger partial charge is 0.475 e. The number of rotatable bonds is 6. The van der Waals surface area contributed by atoms with Crippen molar-refractivity contribution in [1.29, 1.82) is 0 Å². The van der Waals surface area contributed by atoms with Crippen LogP contribution in [0.4, 0.5) is 18.9 Å². The third-order valence-electron chi connectivity index (χ3n) is 5.30. The Morgan fingerprint density at radius 1 is 1.03 bits per heavy atom. The van der Waals surface area contributed by atoms with Gasteiger partial charge in [-0.05, 0) is 54.4 Å². The molecule has 4 aromatic rings. The van der Waals surface area contributed by atoms with E-state index in [-0.39, 0.29) is 5.91 Å². The maximum atomic E-state index is 12.7. The Kier molecular flexibility index (Phi) is 8.31. The fourth-order valence-electron chi connectivity index (χ4n) is 3.46. The number of nitrogens with zero attached hydrogens (tertiary/aromatic N) is 3. The summed E-state index contributed by atoms with van der Waals surface area (Å²) in [6.07, 6.45) is 1.57. The molecule has 1 N–H and O–H groups in total. The molecule has 0 saturated heterocycles. The standard InChI is InChI=1S/C24H23N3O2.C2HF3O2/c1-26-17-18(22-7-3-4-8-23(22)26)9-14-24(28)27(2)19-10-12-20(13-11-19)29-21-6-5-15-25-16-21;3-2(4,5)1(6)7/h3-8,10-13,15-17H,9,14H2,1-2H3;(H,6,7). The number of amides is 1. The maximum Gasteiger partial charge on any atom is 0.490 e. The zero-order valence-corrected chi connectivity index (χ0v) is 19.6. The number of alkyl halides is 3. The number of carboxylic acids is 1. The van der Waals surface area contributed by atoms with Gasteiger partial charge in [-0.15, -0.1) is 0 Å². The summed E-state index contributed by atoms with van der Waals surface area (Å²) in [5.74, 6) is -1.29. The van der Waals surface area contributed by atoms with E-state index in [4.69, 9.17) is 14.6 Å². The van der Waals surface area contributed by atoms with Gasteiger partial charge in [-0.2, -0.15) is 13.2 Å². The predicted octanol–water partition coefficient (Wildman–Crippen LogP) is 5.59. The molecule has 0 aliphatic carbocycles. The molecular weight excluding hydrogens is 475 g/mol. The number of anilines is 1. The van der Waals surface area contributed by atoms with Gasteiger partial charge < -0.3 is 19.3 Å². The van der Waals surface area contributed by atoms with E-state index >= 15 is 0 Å². The van der Waals surface area contributed by atoms with Crippen molar-refractivity contribution in [2.24, 2.45) is 7.05 Å². The number of ether oxygens (including phenoxy) is 1. The fraction of sp³-hybridized carbons (Fsp3) is 0.192. The summed E-state index contributed by atoms with van der Waals surface area (Å²) in [6, 6.07) is 19.5. The zero-order valence-electron chi connectivity index (χ0n) is 19.6. The molecule has 10 heteroatoms. The van der Waals surface area contributed by atoms with Gasteiger partial charge in [0.2, 0.25) is 5.91 Å². The van der Waals surface area contributed by atoms with E-state index in [1.807, 2.05) is 62.6 Å². The van der Waals surface area contributed by atoms with Crippen molar-refractivity contribution < 1.29 is 32.6 Å². The van der Waals surface area contributed by atoms with E-state index in [9.17, 15) is 18.0 Å². The summed E-state index contributed by atoms with van der Waals surface area (Å²) in [5.41, 5.74) is 3.23. The van der Waals surface area contributed by atoms with Gasteiger partial charge in [0.25, 0.3) is 0 Å². The van der Waals surface area contributed by atoms with E-state index in [1.165, 1.54) is 16.5 Å². The number of carbonyl (C=O) groups is 2. The first-order valence-corrected chi connectivity index (χ1v) is 10.8. The molecule has 0 unspecified atom stereocenters. The number of halogens is 3. The molecule has 36 heavy (non-hydrogen) atoms. The molecular formula is C26H24F3N3O4. The minimum absolute atomic E-state index is 0.0823. The second kappa shape index (κ2) is 11.4. The van der Waals surface area contributed by atoms with Crippen LogP contribution in [0.2, 0.25) is 0 Å². The lowest BCUT2D eigenvalue weighted by molar-refractivity contribution is -0.192. The van der Waals surface area contributed by atoms with Gasteiger partial charge in [-0.3, -0.25) is 9.78 Å². The van der Waals surface area contributed by atoms with Gasteiger partial charge in [0, 0.05) is 49.5 Å². The van der Waals surface area contributed by atoms with Gasteiger partial charge in [0.1, 0.15) is 11.5 Å². The largest absolute Gasteiger partial charge is 0.490 e. The molecule has 2 aromatic carbocycles. The molecule has 1 amide bonds. The van der Waals surface area contributed by atoms with Gasteiger partial charge >= 0.3 is 12.1 Å². The molecule has 0 aliphatic rings. The molecule has 0 bridgehead atoms. The van der Waals surface area contributed by atoms with E-state index < -0.39 is 12.1 Å². The predicted molar refractivity (Wildman–Crippen MR) is 129 cm³/mol. The topological polar surface area (TPSA) is 84.7 Å². The lowest BCUT2D eigenvalue weighted by Crippen LogP contribution is -2.26. The second-order valence-electron chi connectivity index (χ2n) is 7.82. The Labute approximate surface area is 205 Å². The molecule has 2 heterocycles. The Bertz CT molecular complexity index is 1320. The van der Waals surface area contributed by atoms with E-state index in [0.717, 1.165) is 5.69 Å². The first kappa shape index (κ1) is 26.3. The number of benzene rings is 2. The van der Waals surface area contributed by atoms with Crippen LogP contribution in [0.1, 0.15) is 12.0 Å². The average molecular weight is 499 g/mol. The van der Waals surface area contributed by atoms with Crippen molar-refractivity contribution in [3.63, 3.8) is 0 Å². The van der Waals surface area contributed by atoms with Crippen LogP contribution in [0.3, 0.4) is 0 Å². The quantitative estimate of drug-likeness (QED) is 0.374. The summed E-state index contributed by atoms with van der Waals surface area (Å²) < 4.78 is 39.6. The SMILES string of the molecule is CN(C(=O)CCc1cn(C)c2ccccc12)c1ccc(Oc2cccnc2)cc1.O=C(O)C(F)(F)F. The number of aryl methyl sites for hydroxylation is 2. The lowest BCUT2D eigenvalue weighted by atomic mass is 10.1. The molecule has 7 nitrogen and oxygen atoms in total. The number of pyridine rings is 1. The van der Waals surface area contributed by atoms with Crippen molar-refractivity contribution in [2.45, 2.75) is 19.0 Å². The van der Waals surface area contributed by atoms with Crippen LogP contribution in [0.25, 0.3) is 10.9 Å². The highest BCUT2D eigenvalue weighted by Crippen LogP contribution is 2.25. The minimum atomic E-state index is -5.08. The van der Waals surface area contributed by atoms with Gasteiger partial charge in [0.15, 0.2) is 0 Å². The Morgan fingerprint density at radius 2 is 1.69 bits per heavy atom. The number of hydrogen-bond acceptors (Lipinski definition) is 4. The van der Waals surface area contributed by atoms with Crippen LogP contribution in [0, 0.1) is 0 Å². The Balaban J connectivity index is 0.000000454. The third-order valence-corrected chi connectivity index (χ3v) is 5.30. The molecule has 0 aliphatic heterocycles. The minimum Gasteiger partial charge on any atom is -0.475 e. The molecule has 0 spiro atoms. The van der Waals surface area contributed by atoms with Gasteiger partial charge in [-0.25, -0.2) is 4.79 Å². The van der Waals surface area contributed by atoms with Crippen LogP contribution in [0.5, 0.6) is 11.5 Å². The number of para-hydroxylation sites is 1. The van der Waals surface area contributed by atoms with Crippen molar-refractivity contribution in [3.8, 4) is 11.5 Å². The maximum absolute atomic E-state index is 12.7. The molecule has 188 valence electrons. The normalized spacial score (nSPS) is 10.9. The number of aliphatic carboxylic acids is 1. The summed E-state index contributed by atoms with van der Waals surface area (Å²) in [6.45, 7) is 0. The molecule has 0 fully saturated rings. The fourth-order valence-corrected chi connectivity index (χ4v) is 3.46. The van der Waals surface area contributed by atoms with Crippen LogP contribution >= 0.6 is 0 Å². The zero-order chi connectivity index (χ0) is 26.3. The lowest BCUT2D eigenvalue weighted by Gasteiger charge is -2.17. The van der Waals surface area contributed by atoms with Gasteiger partial charge in [-0.1, -0.05) is 18.2 Å². The first-order chi connectivity index (χ1) is 17.1. The monoisotopic (exact) mass is 499 g/mol. The van der Waals surface area contributed by atoms with Crippen LogP contribution in [-0.2, 0) is 23.1 Å². The number of fused-ring (bicyclic) bond motifs is 1. The number of carbonyl (C=O) groups excluding carboxylic acids is 1. The van der Waals surface area contributed by atoms with Crippen molar-refractivity contribution >= 4 is 28.5 Å². The highest BCUT2D eigenvalue weighted by atomic mass is 19.4. The van der Waals surface area contributed by atoms with E-state index in [1.54, 1.807) is 17.3 Å². The third kappa shape index (κ3) is 6.84. The summed E-state index contributed by atoms with van der Waals surface area (Å²) >= 11 is 0. The molecule has 4 rings (SSSR count). The molecule has 0 atom stereocenters. The van der Waals surface area contributed by atoms with E-state index in [0.29, 0.717) is 24.3 Å². The molecule has 0 saturated carbocycles. The van der Waals surface area contributed by atoms with Crippen molar-refractivity contribution in [1.82, 2.24) is 9.55 Å². The molecule has 2 aromatic heterocycles. The number of hydrogen-bond donors (Lipinski definition) is 1. The Hall–Kier alpha value is -4.34. The van der Waals surface area contributed by atoms with Crippen molar-refractivity contribution in [3.05, 3.63) is 84.8 Å². The summed E-state index contributed by atoms with van der Waals surface area (Å²) in [4.78, 5) is 27.3. The summed E-state index contributed by atoms with van der Waals surface area (Å²) in [5, 5.41) is 8.34. The number of aromatic nitrogens is 2. The van der Waals surface area contributed by atoms with Gasteiger partial charge in [0.05, 0.1) is 6.20 Å². The first-order valence-electron chi connectivity index (χ1n) is 10.8. The van der Waals surface area contributed by atoms with Crippen LogP contribution in [-0.4, -0.2) is 39.8 Å². The average Bonchev–Trinajstić information content (AvgIpc) is 3.18. The van der Waals surface area contributed by atoms with Crippen LogP contribution in [0.15, 0.2) is 79.3 Å².